The molecule has 0 saturated heterocycles. The highest BCUT2D eigenvalue weighted by molar-refractivity contribution is 7.80. The molecule has 3 N–H and O–H groups in total. The van der Waals surface area contributed by atoms with Gasteiger partial charge in [0.15, 0.2) is 5.11 Å². The number of carbonyl (C=O) groups is 3. The topological polar surface area (TPSA) is 96.5 Å². The Kier molecular flexibility index (Phi) is 9.95. The van der Waals surface area contributed by atoms with Gasteiger partial charge in [0.2, 0.25) is 5.91 Å². The number of hydrogen-bond acceptors (Lipinski definition) is 5. The van der Waals surface area contributed by atoms with E-state index in [1.807, 2.05) is 72.8 Å². The first-order chi connectivity index (χ1) is 17.0. The molecule has 0 aliphatic rings. The van der Waals surface area contributed by atoms with Gasteiger partial charge in [-0.25, -0.2) is 0 Å². The summed E-state index contributed by atoms with van der Waals surface area (Å²) in [6.07, 6.45) is 1.40. The van der Waals surface area contributed by atoms with Crippen molar-refractivity contribution in [2.45, 2.75) is 25.7 Å². The highest BCUT2D eigenvalue weighted by atomic mass is 32.1. The average molecular weight is 490 g/mol. The van der Waals surface area contributed by atoms with Gasteiger partial charge in [-0.2, -0.15) is 0 Å². The van der Waals surface area contributed by atoms with Crippen molar-refractivity contribution in [3.8, 4) is 11.1 Å². The fraction of sp³-hybridized carbons (Fsp3) is 0.185. The summed E-state index contributed by atoms with van der Waals surface area (Å²) < 4.78 is 5.16. The minimum Gasteiger partial charge on any atom is -0.466 e. The molecular formula is C27H27N3O4S. The Morgan fingerprint density at radius 2 is 1.37 bits per heavy atom. The fourth-order valence-corrected chi connectivity index (χ4v) is 3.41. The predicted octanol–water partition coefficient (Wildman–Crippen LogP) is 3.95. The molecule has 3 aromatic carbocycles. The van der Waals surface area contributed by atoms with E-state index in [2.05, 4.69) is 16.2 Å². The Hall–Kier alpha value is -4.04. The lowest BCUT2D eigenvalue weighted by molar-refractivity contribution is -0.145. The van der Waals surface area contributed by atoms with E-state index in [4.69, 9.17) is 17.0 Å². The zero-order valence-corrected chi connectivity index (χ0v) is 20.0. The third-order valence-electron chi connectivity index (χ3n) is 5.07. The molecule has 2 amide bonds. The van der Waals surface area contributed by atoms with Crippen LogP contribution >= 0.6 is 12.2 Å². The smallest absolute Gasteiger partial charge is 0.306 e. The zero-order valence-electron chi connectivity index (χ0n) is 19.2. The van der Waals surface area contributed by atoms with Crippen molar-refractivity contribution in [2.24, 2.45) is 0 Å². The van der Waals surface area contributed by atoms with Gasteiger partial charge in [0.25, 0.3) is 5.91 Å². The van der Waals surface area contributed by atoms with E-state index in [0.29, 0.717) is 18.6 Å². The first-order valence-corrected chi connectivity index (χ1v) is 11.7. The number of hydrogen-bond donors (Lipinski definition) is 3. The van der Waals surface area contributed by atoms with Gasteiger partial charge in [-0.15, -0.1) is 0 Å². The molecule has 180 valence electrons. The van der Waals surface area contributed by atoms with Gasteiger partial charge in [0.05, 0.1) is 13.0 Å². The predicted molar refractivity (Wildman–Crippen MR) is 138 cm³/mol. The van der Waals surface area contributed by atoms with E-state index in [-0.39, 0.29) is 18.0 Å². The molecule has 0 unspecified atom stereocenters. The van der Waals surface area contributed by atoms with Crippen LogP contribution in [0.3, 0.4) is 0 Å². The van der Waals surface area contributed by atoms with Crippen LogP contribution in [0.5, 0.6) is 0 Å². The summed E-state index contributed by atoms with van der Waals surface area (Å²) in [5.74, 6) is -1.30. The molecule has 7 nitrogen and oxygen atoms in total. The van der Waals surface area contributed by atoms with Crippen molar-refractivity contribution in [3.05, 3.63) is 96.1 Å². The molecule has 0 bridgehead atoms. The van der Waals surface area contributed by atoms with Crippen LogP contribution in [0.1, 0.15) is 35.2 Å². The van der Waals surface area contributed by atoms with E-state index in [0.717, 1.165) is 17.5 Å². The monoisotopic (exact) mass is 489 g/mol. The van der Waals surface area contributed by atoms with Crippen LogP contribution in [0.4, 0.5) is 0 Å². The number of ether oxygens (including phenoxy) is 1. The van der Waals surface area contributed by atoms with Gasteiger partial charge in [0, 0.05) is 12.0 Å². The van der Waals surface area contributed by atoms with Gasteiger partial charge in [-0.05, 0) is 53.9 Å². The van der Waals surface area contributed by atoms with Gasteiger partial charge in [0.1, 0.15) is 0 Å². The van der Waals surface area contributed by atoms with Crippen LogP contribution in [-0.4, -0.2) is 29.5 Å². The molecule has 8 heteroatoms. The van der Waals surface area contributed by atoms with Crippen LogP contribution in [0.2, 0.25) is 0 Å². The van der Waals surface area contributed by atoms with Crippen LogP contribution in [-0.2, 0) is 20.7 Å². The van der Waals surface area contributed by atoms with Crippen LogP contribution in [0.15, 0.2) is 84.9 Å². The molecule has 0 saturated carbocycles. The molecule has 0 radical (unpaired) electrons. The van der Waals surface area contributed by atoms with Gasteiger partial charge in [-0.3, -0.25) is 25.2 Å². The molecular weight excluding hydrogens is 462 g/mol. The van der Waals surface area contributed by atoms with Gasteiger partial charge in [-0.1, -0.05) is 72.8 Å². The Labute approximate surface area is 209 Å². The number of thiocarbonyl (C=S) groups is 1. The Balaban J connectivity index is 1.30. The third kappa shape index (κ3) is 9.02. The highest BCUT2D eigenvalue weighted by Gasteiger charge is 2.11. The molecule has 0 spiro atoms. The summed E-state index contributed by atoms with van der Waals surface area (Å²) in [6, 6.07) is 26.9. The molecule has 0 aromatic heterocycles. The quantitative estimate of drug-likeness (QED) is 0.182. The standard InChI is InChI=1S/C27H27N3O4S/c31-24(17-18-25(32)34-19-7-10-20-8-3-1-4-9-20)28-27(35)30-29-26(33)23-15-13-22(14-16-23)21-11-5-2-6-12-21/h1-6,8-9,11-16H,7,10,17-19H2,(H,29,33)(H2,28,30,31,35). The second-order valence-electron chi connectivity index (χ2n) is 7.71. The highest BCUT2D eigenvalue weighted by Crippen LogP contribution is 2.19. The average Bonchev–Trinajstić information content (AvgIpc) is 2.90. The lowest BCUT2D eigenvalue weighted by Crippen LogP contribution is -2.48. The molecule has 0 fully saturated rings. The van der Waals surface area contributed by atoms with E-state index >= 15 is 0 Å². The molecule has 0 heterocycles. The Morgan fingerprint density at radius 3 is 2.06 bits per heavy atom. The second-order valence-corrected chi connectivity index (χ2v) is 8.12. The minimum atomic E-state index is -0.454. The van der Waals surface area contributed by atoms with Crippen molar-refractivity contribution in [3.63, 3.8) is 0 Å². The second kappa shape index (κ2) is 13.6. The first kappa shape index (κ1) is 25.6. The molecule has 0 aliphatic carbocycles. The molecule has 3 aromatic rings. The van der Waals surface area contributed by atoms with Crippen molar-refractivity contribution in [1.82, 2.24) is 16.2 Å². The van der Waals surface area contributed by atoms with Crippen LogP contribution in [0.25, 0.3) is 11.1 Å². The summed E-state index contributed by atoms with van der Waals surface area (Å²) in [7, 11) is 0. The van der Waals surface area contributed by atoms with Crippen molar-refractivity contribution in [2.75, 3.05) is 6.61 Å². The SMILES string of the molecule is O=C(CCC(=O)OCCCc1ccccc1)NC(=S)NNC(=O)c1ccc(-c2ccccc2)cc1. The summed E-state index contributed by atoms with van der Waals surface area (Å²) in [6.45, 7) is 0.299. The van der Waals surface area contributed by atoms with Crippen molar-refractivity contribution < 1.29 is 19.1 Å². The van der Waals surface area contributed by atoms with E-state index in [1.54, 1.807) is 12.1 Å². The van der Waals surface area contributed by atoms with Crippen LogP contribution < -0.4 is 16.2 Å². The number of esters is 1. The van der Waals surface area contributed by atoms with Crippen molar-refractivity contribution in [1.29, 1.82) is 0 Å². The molecule has 0 aliphatic heterocycles. The maximum atomic E-state index is 12.3. The zero-order chi connectivity index (χ0) is 24.9. The summed E-state index contributed by atoms with van der Waals surface area (Å²) in [5, 5.41) is 2.35. The maximum absolute atomic E-state index is 12.3. The maximum Gasteiger partial charge on any atom is 0.306 e. The molecule has 0 atom stereocenters. The molecule has 35 heavy (non-hydrogen) atoms. The number of rotatable bonds is 9. The third-order valence-corrected chi connectivity index (χ3v) is 5.27. The fourth-order valence-electron chi connectivity index (χ4n) is 3.25. The van der Waals surface area contributed by atoms with E-state index in [9.17, 15) is 14.4 Å². The lowest BCUT2D eigenvalue weighted by atomic mass is 10.0. The normalized spacial score (nSPS) is 10.2. The Morgan fingerprint density at radius 1 is 0.743 bits per heavy atom. The number of hydrazine groups is 1. The number of nitrogens with one attached hydrogen (secondary N) is 3. The number of amides is 2. The van der Waals surface area contributed by atoms with E-state index in [1.165, 1.54) is 5.56 Å². The summed E-state index contributed by atoms with van der Waals surface area (Å²) in [5.41, 5.74) is 8.59. The lowest BCUT2D eigenvalue weighted by Gasteiger charge is -2.11. The number of carbonyl (C=O) groups excluding carboxylic acids is 3. The number of aryl methyl sites for hydroxylation is 1. The van der Waals surface area contributed by atoms with Gasteiger partial charge >= 0.3 is 5.97 Å². The number of benzene rings is 3. The Bertz CT molecular complexity index is 1140. The largest absolute Gasteiger partial charge is 0.466 e. The van der Waals surface area contributed by atoms with E-state index < -0.39 is 17.8 Å². The van der Waals surface area contributed by atoms with Crippen LogP contribution in [0, 0.1) is 0 Å². The molecule has 3 rings (SSSR count). The van der Waals surface area contributed by atoms with Crippen molar-refractivity contribution >= 4 is 35.1 Å². The summed E-state index contributed by atoms with van der Waals surface area (Å²) in [4.78, 5) is 36.1. The van der Waals surface area contributed by atoms with Gasteiger partial charge < -0.3 is 10.1 Å². The summed E-state index contributed by atoms with van der Waals surface area (Å²) >= 11 is 5.02. The first-order valence-electron chi connectivity index (χ1n) is 11.3. The minimum absolute atomic E-state index is 0.0556.